The number of fused-ring (bicyclic) bond motifs is 1. The zero-order chi connectivity index (χ0) is 20.1. The fourth-order valence-corrected chi connectivity index (χ4v) is 2.82. The number of benzene rings is 2. The Morgan fingerprint density at radius 2 is 1.79 bits per heavy atom. The minimum Gasteiger partial charge on any atom is -0.493 e. The zero-order valence-corrected chi connectivity index (χ0v) is 15.9. The highest BCUT2D eigenvalue weighted by atomic mass is 16.5. The molecule has 2 amide bonds. The Hall–Kier alpha value is -3.48. The predicted molar refractivity (Wildman–Crippen MR) is 105 cm³/mol. The van der Waals surface area contributed by atoms with Crippen LogP contribution in [-0.2, 0) is 4.79 Å². The molecule has 1 heterocycles. The van der Waals surface area contributed by atoms with E-state index in [4.69, 9.17) is 13.9 Å². The number of methoxy groups -OCH3 is 2. The number of carbonyl (C=O) groups is 2. The molecule has 0 saturated carbocycles. The molecule has 3 aromatic rings. The van der Waals surface area contributed by atoms with Gasteiger partial charge in [-0.05, 0) is 37.3 Å². The lowest BCUT2D eigenvalue weighted by molar-refractivity contribution is -0.120. The van der Waals surface area contributed by atoms with Crippen LogP contribution in [-0.4, -0.2) is 32.6 Å². The number of carbonyl (C=O) groups excluding carboxylic acids is 2. The van der Waals surface area contributed by atoms with Crippen molar-refractivity contribution in [3.8, 4) is 11.5 Å². The number of para-hydroxylation sites is 1. The van der Waals surface area contributed by atoms with E-state index in [1.807, 2.05) is 37.3 Å². The maximum absolute atomic E-state index is 12.3. The molecular formula is C21H22N2O5. The van der Waals surface area contributed by atoms with Crippen molar-refractivity contribution in [1.29, 1.82) is 0 Å². The Balaban J connectivity index is 1.56. The van der Waals surface area contributed by atoms with Crippen LogP contribution in [0, 0.1) is 0 Å². The van der Waals surface area contributed by atoms with Crippen LogP contribution in [0.2, 0.25) is 0 Å². The molecule has 0 aliphatic carbocycles. The second-order valence-corrected chi connectivity index (χ2v) is 6.23. The molecule has 3 rings (SSSR count). The molecule has 0 aliphatic rings. The summed E-state index contributed by atoms with van der Waals surface area (Å²) >= 11 is 0. The molecular weight excluding hydrogens is 360 g/mol. The Labute approximate surface area is 162 Å². The summed E-state index contributed by atoms with van der Waals surface area (Å²) in [5.74, 6) is 0.921. The first-order valence-corrected chi connectivity index (χ1v) is 8.80. The Morgan fingerprint density at radius 1 is 1.04 bits per heavy atom. The highest BCUT2D eigenvalue weighted by molar-refractivity contribution is 5.97. The molecule has 28 heavy (non-hydrogen) atoms. The van der Waals surface area contributed by atoms with Crippen molar-refractivity contribution < 1.29 is 23.5 Å². The molecule has 0 saturated heterocycles. The van der Waals surface area contributed by atoms with Crippen LogP contribution >= 0.6 is 0 Å². The summed E-state index contributed by atoms with van der Waals surface area (Å²) in [6.45, 7) is 1.67. The van der Waals surface area contributed by atoms with Gasteiger partial charge in [-0.25, -0.2) is 0 Å². The third-order valence-electron chi connectivity index (χ3n) is 4.30. The topological polar surface area (TPSA) is 89.8 Å². The van der Waals surface area contributed by atoms with E-state index < -0.39 is 0 Å². The standard InChI is InChI=1S/C21H22N2O5/c1-13(18-10-14-6-4-5-7-16(14)28-18)23-20(24)12-22-21(25)15-8-9-17(26-2)19(11-15)27-3/h4-11,13H,12H2,1-3H3,(H,22,25)(H,23,24)/t13-/m0/s1. The van der Waals surface area contributed by atoms with Crippen molar-refractivity contribution in [2.75, 3.05) is 20.8 Å². The van der Waals surface area contributed by atoms with Crippen LogP contribution in [0.15, 0.2) is 52.9 Å². The van der Waals surface area contributed by atoms with Gasteiger partial charge in [0.25, 0.3) is 5.91 Å². The molecule has 7 heteroatoms. The highest BCUT2D eigenvalue weighted by Gasteiger charge is 2.16. The first kappa shape index (κ1) is 19.3. The van der Waals surface area contributed by atoms with Crippen molar-refractivity contribution >= 4 is 22.8 Å². The summed E-state index contributed by atoms with van der Waals surface area (Å²) < 4.78 is 16.1. The molecule has 0 fully saturated rings. The molecule has 0 aliphatic heterocycles. The molecule has 2 N–H and O–H groups in total. The zero-order valence-electron chi connectivity index (χ0n) is 15.9. The number of hydrogen-bond acceptors (Lipinski definition) is 5. The molecule has 0 unspecified atom stereocenters. The normalized spacial score (nSPS) is 11.7. The molecule has 0 spiro atoms. The van der Waals surface area contributed by atoms with E-state index >= 15 is 0 Å². The van der Waals surface area contributed by atoms with Gasteiger partial charge in [-0.3, -0.25) is 9.59 Å². The second kappa shape index (κ2) is 8.47. The maximum Gasteiger partial charge on any atom is 0.251 e. The van der Waals surface area contributed by atoms with Crippen molar-refractivity contribution in [1.82, 2.24) is 10.6 Å². The first-order valence-electron chi connectivity index (χ1n) is 8.80. The summed E-state index contributed by atoms with van der Waals surface area (Å²) in [5, 5.41) is 6.38. The number of hydrogen-bond donors (Lipinski definition) is 2. The summed E-state index contributed by atoms with van der Waals surface area (Å²) in [7, 11) is 3.01. The molecule has 0 bridgehead atoms. The molecule has 7 nitrogen and oxygen atoms in total. The van der Waals surface area contributed by atoms with Gasteiger partial charge in [0.2, 0.25) is 5.91 Å². The predicted octanol–water partition coefficient (Wildman–Crippen LogP) is 3.06. The van der Waals surface area contributed by atoms with Crippen molar-refractivity contribution in [3.63, 3.8) is 0 Å². The van der Waals surface area contributed by atoms with Gasteiger partial charge >= 0.3 is 0 Å². The molecule has 2 aromatic carbocycles. The fourth-order valence-electron chi connectivity index (χ4n) is 2.82. The van der Waals surface area contributed by atoms with E-state index in [1.165, 1.54) is 14.2 Å². The van der Waals surface area contributed by atoms with Gasteiger partial charge in [0.1, 0.15) is 11.3 Å². The quantitative estimate of drug-likeness (QED) is 0.656. The smallest absolute Gasteiger partial charge is 0.251 e. The number of nitrogens with one attached hydrogen (secondary N) is 2. The highest BCUT2D eigenvalue weighted by Crippen LogP contribution is 2.27. The summed E-state index contributed by atoms with van der Waals surface area (Å²) in [6.07, 6.45) is 0. The average molecular weight is 382 g/mol. The van der Waals surface area contributed by atoms with E-state index in [1.54, 1.807) is 18.2 Å². The lowest BCUT2D eigenvalue weighted by Gasteiger charge is -2.12. The summed E-state index contributed by atoms with van der Waals surface area (Å²) in [4.78, 5) is 24.5. The minimum atomic E-state index is -0.382. The summed E-state index contributed by atoms with van der Waals surface area (Å²) in [6, 6.07) is 14.0. The molecule has 146 valence electrons. The minimum absolute atomic E-state index is 0.155. The number of furan rings is 1. The third kappa shape index (κ3) is 4.25. The Morgan fingerprint density at radius 3 is 2.50 bits per heavy atom. The van der Waals surface area contributed by atoms with E-state index in [0.717, 1.165) is 11.0 Å². The lowest BCUT2D eigenvalue weighted by Crippen LogP contribution is -2.37. The van der Waals surface area contributed by atoms with Gasteiger partial charge in [-0.15, -0.1) is 0 Å². The van der Waals surface area contributed by atoms with Crippen molar-refractivity contribution in [2.24, 2.45) is 0 Å². The van der Waals surface area contributed by atoms with Crippen LogP contribution in [0.4, 0.5) is 0 Å². The first-order chi connectivity index (χ1) is 13.5. The van der Waals surface area contributed by atoms with Crippen LogP contribution in [0.1, 0.15) is 29.1 Å². The van der Waals surface area contributed by atoms with Crippen LogP contribution in [0.25, 0.3) is 11.0 Å². The fraction of sp³-hybridized carbons (Fsp3) is 0.238. The Kier molecular flexibility index (Phi) is 5.84. The maximum atomic E-state index is 12.3. The molecule has 1 atom stereocenters. The van der Waals surface area contributed by atoms with Gasteiger partial charge < -0.3 is 24.5 Å². The second-order valence-electron chi connectivity index (χ2n) is 6.23. The van der Waals surface area contributed by atoms with Crippen LogP contribution in [0.3, 0.4) is 0 Å². The van der Waals surface area contributed by atoms with E-state index in [9.17, 15) is 9.59 Å². The van der Waals surface area contributed by atoms with Gasteiger partial charge in [0.15, 0.2) is 11.5 Å². The largest absolute Gasteiger partial charge is 0.493 e. The van der Waals surface area contributed by atoms with E-state index in [-0.39, 0.29) is 24.4 Å². The van der Waals surface area contributed by atoms with Gasteiger partial charge in [0.05, 0.1) is 26.8 Å². The number of amides is 2. The summed E-state index contributed by atoms with van der Waals surface area (Å²) in [5.41, 5.74) is 1.14. The van der Waals surface area contributed by atoms with Gasteiger partial charge in [-0.2, -0.15) is 0 Å². The van der Waals surface area contributed by atoms with E-state index in [0.29, 0.717) is 22.8 Å². The van der Waals surface area contributed by atoms with E-state index in [2.05, 4.69) is 10.6 Å². The molecule has 1 aromatic heterocycles. The van der Waals surface area contributed by atoms with Gasteiger partial charge in [-0.1, -0.05) is 18.2 Å². The lowest BCUT2D eigenvalue weighted by atomic mass is 10.2. The third-order valence-corrected chi connectivity index (χ3v) is 4.30. The van der Waals surface area contributed by atoms with Crippen molar-refractivity contribution in [2.45, 2.75) is 13.0 Å². The number of ether oxygens (including phenoxy) is 2. The SMILES string of the molecule is COc1ccc(C(=O)NCC(=O)N[C@@H](C)c2cc3ccccc3o2)cc1OC. The average Bonchev–Trinajstić information content (AvgIpc) is 3.16. The van der Waals surface area contributed by atoms with Crippen LogP contribution < -0.4 is 20.1 Å². The van der Waals surface area contributed by atoms with Crippen molar-refractivity contribution in [3.05, 3.63) is 59.9 Å². The Bertz CT molecular complexity index is 962. The monoisotopic (exact) mass is 382 g/mol. The number of rotatable bonds is 7. The molecule has 0 radical (unpaired) electrons. The van der Waals surface area contributed by atoms with Crippen LogP contribution in [0.5, 0.6) is 11.5 Å². The van der Waals surface area contributed by atoms with Gasteiger partial charge in [0, 0.05) is 10.9 Å².